The molecule has 0 unspecified atom stereocenters. The van der Waals surface area contributed by atoms with Crippen molar-refractivity contribution in [2.75, 3.05) is 0 Å². The topological polar surface area (TPSA) is 67.4 Å². The van der Waals surface area contributed by atoms with Crippen LogP contribution in [0.5, 0.6) is 5.75 Å². The molecule has 0 fully saturated rings. The van der Waals surface area contributed by atoms with Crippen LogP contribution in [0.2, 0.25) is 0 Å². The number of hydrogen-bond acceptors (Lipinski definition) is 4. The third kappa shape index (κ3) is 4.50. The second-order valence-corrected chi connectivity index (χ2v) is 6.38. The van der Waals surface area contributed by atoms with E-state index >= 15 is 0 Å². The number of alkyl halides is 2. The second kappa shape index (κ2) is 7.32. The summed E-state index contributed by atoms with van der Waals surface area (Å²) in [4.78, 5) is 24.0. The Bertz CT molecular complexity index is 676. The van der Waals surface area contributed by atoms with Crippen LogP contribution in [0.25, 0.3) is 0 Å². The summed E-state index contributed by atoms with van der Waals surface area (Å²) >= 11 is 4.44. The molecule has 22 heavy (non-hydrogen) atoms. The van der Waals surface area contributed by atoms with Gasteiger partial charge in [-0.1, -0.05) is 0 Å². The Morgan fingerprint density at radius 1 is 1.05 bits per heavy atom. The van der Waals surface area contributed by atoms with Crippen LogP contribution in [-0.4, -0.2) is 18.4 Å². The summed E-state index contributed by atoms with van der Waals surface area (Å²) in [7, 11) is 0. The van der Waals surface area contributed by atoms with Crippen molar-refractivity contribution < 1.29 is 23.1 Å². The Morgan fingerprint density at radius 2 is 1.68 bits per heavy atom. The molecule has 0 radical (unpaired) electrons. The van der Waals surface area contributed by atoms with Crippen LogP contribution in [0, 0.1) is 0 Å². The molecule has 0 aliphatic carbocycles. The summed E-state index contributed by atoms with van der Waals surface area (Å²) in [5.41, 5.74) is 4.68. The molecule has 2 rings (SSSR count). The molecule has 5 nitrogen and oxygen atoms in total. The van der Waals surface area contributed by atoms with E-state index in [-0.39, 0.29) is 11.3 Å². The number of benzene rings is 1. The quantitative estimate of drug-likeness (QED) is 0.787. The second-order valence-electron chi connectivity index (χ2n) is 3.91. The molecule has 1 heterocycles. The smallest absolute Gasteiger partial charge is 0.387 e. The molecular weight excluding hydrogens is 382 g/mol. The Balaban J connectivity index is 1.90. The molecule has 2 aromatic rings. The largest absolute Gasteiger partial charge is 0.435 e. The van der Waals surface area contributed by atoms with E-state index in [1.807, 2.05) is 0 Å². The van der Waals surface area contributed by atoms with Crippen LogP contribution in [0.15, 0.2) is 40.2 Å². The number of halogens is 3. The van der Waals surface area contributed by atoms with Gasteiger partial charge in [-0.05, 0) is 52.3 Å². The Hall–Kier alpha value is -2.00. The molecule has 1 aromatic carbocycles. The van der Waals surface area contributed by atoms with Gasteiger partial charge in [-0.2, -0.15) is 8.78 Å². The normalized spacial score (nSPS) is 10.4. The Labute approximate surface area is 136 Å². The SMILES string of the molecule is O=C(NNC(=O)c1ccc(Br)s1)c1ccc(OC(F)F)cc1. The summed E-state index contributed by atoms with van der Waals surface area (Å²) in [6.45, 7) is -2.93. The van der Waals surface area contributed by atoms with Gasteiger partial charge in [0.05, 0.1) is 8.66 Å². The summed E-state index contributed by atoms with van der Waals surface area (Å²) in [6, 6.07) is 8.40. The number of hydrogen-bond donors (Lipinski definition) is 2. The molecule has 9 heteroatoms. The van der Waals surface area contributed by atoms with Crippen molar-refractivity contribution in [3.05, 3.63) is 50.6 Å². The maximum Gasteiger partial charge on any atom is 0.387 e. The highest BCUT2D eigenvalue weighted by molar-refractivity contribution is 9.11. The fraction of sp³-hybridized carbons (Fsp3) is 0.0769. The predicted molar refractivity (Wildman–Crippen MR) is 80.0 cm³/mol. The number of thiophene rings is 1. The molecule has 2 N–H and O–H groups in total. The minimum Gasteiger partial charge on any atom is -0.435 e. The zero-order valence-electron chi connectivity index (χ0n) is 10.8. The molecule has 0 aliphatic heterocycles. The van der Waals surface area contributed by atoms with Crippen LogP contribution in [-0.2, 0) is 0 Å². The van der Waals surface area contributed by atoms with Crippen LogP contribution in [0.1, 0.15) is 20.0 Å². The number of amides is 2. The van der Waals surface area contributed by atoms with Gasteiger partial charge >= 0.3 is 6.61 Å². The van der Waals surface area contributed by atoms with E-state index in [0.29, 0.717) is 4.88 Å². The van der Waals surface area contributed by atoms with Crippen molar-refractivity contribution >= 4 is 39.1 Å². The van der Waals surface area contributed by atoms with Gasteiger partial charge in [-0.25, -0.2) is 0 Å². The first-order chi connectivity index (χ1) is 10.5. The number of carbonyl (C=O) groups is 2. The molecule has 0 spiro atoms. The first kappa shape index (κ1) is 16.4. The van der Waals surface area contributed by atoms with E-state index < -0.39 is 18.4 Å². The van der Waals surface area contributed by atoms with E-state index in [1.54, 1.807) is 12.1 Å². The first-order valence-electron chi connectivity index (χ1n) is 5.86. The zero-order valence-corrected chi connectivity index (χ0v) is 13.2. The Kier molecular flexibility index (Phi) is 5.45. The summed E-state index contributed by atoms with van der Waals surface area (Å²) in [5, 5.41) is 0. The van der Waals surface area contributed by atoms with E-state index in [2.05, 4.69) is 31.5 Å². The van der Waals surface area contributed by atoms with Crippen molar-refractivity contribution in [2.45, 2.75) is 6.61 Å². The summed E-state index contributed by atoms with van der Waals surface area (Å²) in [6.07, 6.45) is 0. The van der Waals surface area contributed by atoms with Crippen molar-refractivity contribution in [3.63, 3.8) is 0 Å². The molecule has 0 atom stereocenters. The molecule has 0 saturated carbocycles. The lowest BCUT2D eigenvalue weighted by molar-refractivity contribution is -0.0498. The molecule has 2 amide bonds. The van der Waals surface area contributed by atoms with Gasteiger partial charge in [0.1, 0.15) is 5.75 Å². The maximum atomic E-state index is 12.0. The van der Waals surface area contributed by atoms with Crippen LogP contribution < -0.4 is 15.6 Å². The van der Waals surface area contributed by atoms with Gasteiger partial charge in [-0.15, -0.1) is 11.3 Å². The maximum absolute atomic E-state index is 12.0. The molecular formula is C13H9BrF2N2O3S. The summed E-state index contributed by atoms with van der Waals surface area (Å²) < 4.78 is 29.0. The molecule has 0 saturated heterocycles. The highest BCUT2D eigenvalue weighted by atomic mass is 79.9. The van der Waals surface area contributed by atoms with Crippen molar-refractivity contribution in [1.82, 2.24) is 10.9 Å². The van der Waals surface area contributed by atoms with Crippen LogP contribution >= 0.6 is 27.3 Å². The predicted octanol–water partition coefficient (Wildman–Crippen LogP) is 3.19. The van der Waals surface area contributed by atoms with E-state index in [1.165, 1.54) is 35.6 Å². The van der Waals surface area contributed by atoms with Gasteiger partial charge < -0.3 is 4.74 Å². The first-order valence-corrected chi connectivity index (χ1v) is 7.47. The highest BCUT2D eigenvalue weighted by Gasteiger charge is 2.11. The summed E-state index contributed by atoms with van der Waals surface area (Å²) in [5.74, 6) is -1.09. The minimum atomic E-state index is -2.93. The van der Waals surface area contributed by atoms with Crippen molar-refractivity contribution in [2.24, 2.45) is 0 Å². The van der Waals surface area contributed by atoms with Gasteiger partial charge in [0, 0.05) is 5.56 Å². The molecule has 0 bridgehead atoms. The van der Waals surface area contributed by atoms with Crippen LogP contribution in [0.4, 0.5) is 8.78 Å². The minimum absolute atomic E-state index is 0.0565. The van der Waals surface area contributed by atoms with Gasteiger partial charge in [0.25, 0.3) is 11.8 Å². The average molecular weight is 391 g/mol. The number of ether oxygens (including phenoxy) is 1. The zero-order chi connectivity index (χ0) is 16.1. The van der Waals surface area contributed by atoms with E-state index in [9.17, 15) is 18.4 Å². The standard InChI is InChI=1S/C13H9BrF2N2O3S/c14-10-6-5-9(22-10)12(20)18-17-11(19)7-1-3-8(4-2-7)21-13(15)16/h1-6,13H,(H,17,19)(H,18,20). The third-order valence-electron chi connectivity index (χ3n) is 2.43. The monoisotopic (exact) mass is 390 g/mol. The van der Waals surface area contributed by atoms with Crippen molar-refractivity contribution in [1.29, 1.82) is 0 Å². The lowest BCUT2D eigenvalue weighted by Crippen LogP contribution is -2.41. The fourth-order valence-corrected chi connectivity index (χ4v) is 2.75. The Morgan fingerprint density at radius 3 is 2.23 bits per heavy atom. The number of nitrogens with one attached hydrogen (secondary N) is 2. The van der Waals surface area contributed by atoms with Crippen LogP contribution in [0.3, 0.4) is 0 Å². The van der Waals surface area contributed by atoms with Gasteiger partial charge in [0.2, 0.25) is 0 Å². The van der Waals surface area contributed by atoms with Gasteiger partial charge in [0.15, 0.2) is 0 Å². The number of hydrazine groups is 1. The van der Waals surface area contributed by atoms with E-state index in [4.69, 9.17) is 0 Å². The van der Waals surface area contributed by atoms with Crippen molar-refractivity contribution in [3.8, 4) is 5.75 Å². The number of rotatable bonds is 4. The van der Waals surface area contributed by atoms with E-state index in [0.717, 1.165) is 3.79 Å². The molecule has 1 aromatic heterocycles. The lowest BCUT2D eigenvalue weighted by Gasteiger charge is -2.07. The molecule has 116 valence electrons. The van der Waals surface area contributed by atoms with Gasteiger partial charge in [-0.3, -0.25) is 20.4 Å². The highest BCUT2D eigenvalue weighted by Crippen LogP contribution is 2.21. The number of carbonyl (C=O) groups excluding carboxylic acids is 2. The fourth-order valence-electron chi connectivity index (χ4n) is 1.47. The molecule has 0 aliphatic rings. The lowest BCUT2D eigenvalue weighted by atomic mass is 10.2. The third-order valence-corrected chi connectivity index (χ3v) is 4.05. The average Bonchev–Trinajstić information content (AvgIpc) is 2.91.